The molecule has 32 heavy (non-hydrogen) atoms. The molecular formula is C24H27N3O5. The minimum absolute atomic E-state index is 0.237. The first-order valence-corrected chi connectivity index (χ1v) is 10.4. The van der Waals surface area contributed by atoms with Gasteiger partial charge in [-0.2, -0.15) is 5.10 Å². The number of nitrogens with zero attached hydrogens (tertiary/aromatic N) is 2. The molecule has 3 aromatic rings. The Morgan fingerprint density at radius 2 is 1.81 bits per heavy atom. The van der Waals surface area contributed by atoms with Crippen LogP contribution in [0.25, 0.3) is 11.3 Å². The predicted molar refractivity (Wildman–Crippen MR) is 121 cm³/mol. The fourth-order valence-electron chi connectivity index (χ4n) is 3.02. The molecule has 1 unspecified atom stereocenters. The highest BCUT2D eigenvalue weighted by Gasteiger charge is 2.15. The summed E-state index contributed by atoms with van der Waals surface area (Å²) in [5.74, 6) is 1.68. The first-order valence-electron chi connectivity index (χ1n) is 10.4. The minimum Gasteiger partial charge on any atom is -0.497 e. The summed E-state index contributed by atoms with van der Waals surface area (Å²) in [5.41, 5.74) is 1.28. The second kappa shape index (κ2) is 11.0. The topological polar surface area (TPSA) is 91.7 Å². The standard InChI is InChI=1S/C24H27N3O5/c1-4-31-20-6-5-7-21(16-20)32-17(2)24(29)25-14-15-27-23(28)13-12-22(26-27)18-8-10-19(30-3)11-9-18/h5-13,16-17H,4,14-15H2,1-3H3,(H,25,29). The summed E-state index contributed by atoms with van der Waals surface area (Å²) in [4.78, 5) is 24.6. The van der Waals surface area contributed by atoms with Crippen molar-refractivity contribution in [1.29, 1.82) is 0 Å². The van der Waals surface area contributed by atoms with Crippen LogP contribution in [-0.2, 0) is 11.3 Å². The van der Waals surface area contributed by atoms with Crippen LogP contribution in [-0.4, -0.2) is 42.1 Å². The van der Waals surface area contributed by atoms with Crippen LogP contribution in [0.2, 0.25) is 0 Å². The molecule has 0 aliphatic rings. The van der Waals surface area contributed by atoms with E-state index in [4.69, 9.17) is 14.2 Å². The van der Waals surface area contributed by atoms with Gasteiger partial charge in [0.05, 0.1) is 26.0 Å². The van der Waals surface area contributed by atoms with Crippen LogP contribution in [0.3, 0.4) is 0 Å². The van der Waals surface area contributed by atoms with Crippen LogP contribution in [0.5, 0.6) is 17.2 Å². The third kappa shape index (κ3) is 6.10. The SMILES string of the molecule is CCOc1cccc(OC(C)C(=O)NCCn2nc(-c3ccc(OC)cc3)ccc2=O)c1. The zero-order chi connectivity index (χ0) is 22.9. The fourth-order valence-corrected chi connectivity index (χ4v) is 3.02. The number of benzene rings is 2. The number of ether oxygens (including phenoxy) is 3. The van der Waals surface area contributed by atoms with E-state index in [0.717, 1.165) is 11.3 Å². The lowest BCUT2D eigenvalue weighted by Gasteiger charge is -2.15. The largest absolute Gasteiger partial charge is 0.497 e. The summed E-state index contributed by atoms with van der Waals surface area (Å²) in [5, 5.41) is 7.18. The quantitative estimate of drug-likeness (QED) is 0.524. The number of carbonyl (C=O) groups excluding carboxylic acids is 1. The number of hydrogen-bond donors (Lipinski definition) is 1. The maximum absolute atomic E-state index is 12.4. The van der Waals surface area contributed by atoms with E-state index < -0.39 is 6.10 Å². The third-order valence-corrected chi connectivity index (χ3v) is 4.67. The van der Waals surface area contributed by atoms with Crippen LogP contribution in [0, 0.1) is 0 Å². The van der Waals surface area contributed by atoms with Gasteiger partial charge in [0.2, 0.25) is 0 Å². The first-order chi connectivity index (χ1) is 15.5. The van der Waals surface area contributed by atoms with Gasteiger partial charge < -0.3 is 19.5 Å². The molecule has 1 amide bonds. The van der Waals surface area contributed by atoms with Gasteiger partial charge in [-0.1, -0.05) is 6.07 Å². The lowest BCUT2D eigenvalue weighted by Crippen LogP contribution is -2.39. The Labute approximate surface area is 186 Å². The van der Waals surface area contributed by atoms with Crippen molar-refractivity contribution in [3.63, 3.8) is 0 Å². The number of methoxy groups -OCH3 is 1. The molecule has 8 nitrogen and oxygen atoms in total. The second-order valence-electron chi connectivity index (χ2n) is 6.97. The van der Waals surface area contributed by atoms with E-state index in [1.807, 2.05) is 37.3 Å². The van der Waals surface area contributed by atoms with Gasteiger partial charge in [0, 0.05) is 24.2 Å². The van der Waals surface area contributed by atoms with E-state index in [-0.39, 0.29) is 24.6 Å². The first kappa shape index (κ1) is 22.9. The van der Waals surface area contributed by atoms with Crippen LogP contribution >= 0.6 is 0 Å². The van der Waals surface area contributed by atoms with Crippen molar-refractivity contribution in [3.05, 3.63) is 71.0 Å². The van der Waals surface area contributed by atoms with Crippen molar-refractivity contribution in [2.75, 3.05) is 20.3 Å². The van der Waals surface area contributed by atoms with E-state index in [1.165, 1.54) is 10.7 Å². The number of nitrogens with one attached hydrogen (secondary N) is 1. The van der Waals surface area contributed by atoms with Crippen molar-refractivity contribution >= 4 is 5.91 Å². The summed E-state index contributed by atoms with van der Waals surface area (Å²) in [7, 11) is 1.60. The average Bonchev–Trinajstić information content (AvgIpc) is 2.80. The molecule has 0 aliphatic heterocycles. The molecule has 3 rings (SSSR count). The van der Waals surface area contributed by atoms with Crippen molar-refractivity contribution < 1.29 is 19.0 Å². The maximum atomic E-state index is 12.4. The molecule has 0 saturated heterocycles. The summed E-state index contributed by atoms with van der Waals surface area (Å²) in [6.07, 6.45) is -0.706. The number of hydrogen-bond acceptors (Lipinski definition) is 6. The summed E-state index contributed by atoms with van der Waals surface area (Å²) < 4.78 is 17.6. The Morgan fingerprint density at radius 1 is 1.06 bits per heavy atom. The fraction of sp³-hybridized carbons (Fsp3) is 0.292. The van der Waals surface area contributed by atoms with E-state index in [2.05, 4.69) is 10.4 Å². The highest BCUT2D eigenvalue weighted by atomic mass is 16.5. The Balaban J connectivity index is 1.56. The molecule has 168 valence electrons. The Kier molecular flexibility index (Phi) is 7.85. The zero-order valence-electron chi connectivity index (χ0n) is 18.4. The molecule has 1 aromatic heterocycles. The molecule has 1 atom stereocenters. The minimum atomic E-state index is -0.706. The highest BCUT2D eigenvalue weighted by Crippen LogP contribution is 2.21. The van der Waals surface area contributed by atoms with Crippen LogP contribution in [0.15, 0.2) is 65.5 Å². The molecule has 0 spiro atoms. The van der Waals surface area contributed by atoms with Gasteiger partial charge in [0.1, 0.15) is 17.2 Å². The normalized spacial score (nSPS) is 11.5. The van der Waals surface area contributed by atoms with Crippen molar-refractivity contribution in [2.24, 2.45) is 0 Å². The van der Waals surface area contributed by atoms with Crippen molar-refractivity contribution in [3.8, 4) is 28.5 Å². The highest BCUT2D eigenvalue weighted by molar-refractivity contribution is 5.80. The molecule has 1 heterocycles. The van der Waals surface area contributed by atoms with Gasteiger partial charge in [-0.25, -0.2) is 4.68 Å². The van der Waals surface area contributed by atoms with E-state index >= 15 is 0 Å². The molecule has 1 N–H and O–H groups in total. The molecule has 2 aromatic carbocycles. The number of amides is 1. The van der Waals surface area contributed by atoms with Crippen LogP contribution in [0.4, 0.5) is 0 Å². The number of aromatic nitrogens is 2. The number of rotatable bonds is 10. The third-order valence-electron chi connectivity index (χ3n) is 4.67. The van der Waals surface area contributed by atoms with Gasteiger partial charge >= 0.3 is 0 Å². The van der Waals surface area contributed by atoms with Gasteiger partial charge in [0.25, 0.3) is 11.5 Å². The Morgan fingerprint density at radius 3 is 2.53 bits per heavy atom. The zero-order valence-corrected chi connectivity index (χ0v) is 18.4. The number of carbonyl (C=O) groups is 1. The second-order valence-corrected chi connectivity index (χ2v) is 6.97. The molecule has 0 saturated carbocycles. The van der Waals surface area contributed by atoms with Crippen molar-refractivity contribution in [1.82, 2.24) is 15.1 Å². The lowest BCUT2D eigenvalue weighted by molar-refractivity contribution is -0.127. The Hall–Kier alpha value is -3.81. The molecule has 0 radical (unpaired) electrons. The molecular weight excluding hydrogens is 410 g/mol. The van der Waals surface area contributed by atoms with Crippen LogP contribution in [0.1, 0.15) is 13.8 Å². The van der Waals surface area contributed by atoms with Crippen molar-refractivity contribution in [2.45, 2.75) is 26.5 Å². The van der Waals surface area contributed by atoms with E-state index in [9.17, 15) is 9.59 Å². The van der Waals surface area contributed by atoms with Crippen LogP contribution < -0.4 is 25.1 Å². The molecule has 0 aliphatic carbocycles. The smallest absolute Gasteiger partial charge is 0.266 e. The maximum Gasteiger partial charge on any atom is 0.266 e. The van der Waals surface area contributed by atoms with Gasteiger partial charge in [-0.15, -0.1) is 0 Å². The van der Waals surface area contributed by atoms with E-state index in [0.29, 0.717) is 23.8 Å². The van der Waals surface area contributed by atoms with Gasteiger partial charge in [-0.05, 0) is 56.3 Å². The predicted octanol–water partition coefficient (Wildman–Crippen LogP) is 2.90. The van der Waals surface area contributed by atoms with E-state index in [1.54, 1.807) is 38.3 Å². The molecule has 0 bridgehead atoms. The molecule has 0 fully saturated rings. The summed E-state index contributed by atoms with van der Waals surface area (Å²) >= 11 is 0. The van der Waals surface area contributed by atoms with Gasteiger partial charge in [0.15, 0.2) is 6.10 Å². The Bertz CT molecular complexity index is 1100. The lowest BCUT2D eigenvalue weighted by atomic mass is 10.1. The average molecular weight is 437 g/mol. The molecule has 8 heteroatoms. The monoisotopic (exact) mass is 437 g/mol. The van der Waals surface area contributed by atoms with Gasteiger partial charge in [-0.3, -0.25) is 9.59 Å². The summed E-state index contributed by atoms with van der Waals surface area (Å²) in [6, 6.07) is 17.7. The summed E-state index contributed by atoms with van der Waals surface area (Å²) in [6.45, 7) is 4.59.